The van der Waals surface area contributed by atoms with Crippen LogP contribution in [0, 0.1) is 0 Å². The molecule has 0 radical (unpaired) electrons. The number of aliphatic hydroxyl groups excluding tert-OH is 1. The molecule has 1 N–H and O–H groups in total. The fourth-order valence-corrected chi connectivity index (χ4v) is 1.22. The van der Waals surface area contributed by atoms with Crippen LogP contribution in [0.3, 0.4) is 0 Å². The Morgan fingerprint density at radius 3 is 2.38 bits per heavy atom. The Balaban J connectivity index is 2.63. The van der Waals surface area contributed by atoms with Gasteiger partial charge in [-0.1, -0.05) is 19.1 Å². The minimum atomic E-state index is -0.424. The van der Waals surface area contributed by atoms with Crippen molar-refractivity contribution in [1.82, 2.24) is 0 Å². The summed E-state index contributed by atoms with van der Waals surface area (Å²) in [6.07, 6.45) is 0.376. The molecule has 0 heterocycles. The van der Waals surface area contributed by atoms with Gasteiger partial charge in [0.25, 0.3) is 0 Å². The van der Waals surface area contributed by atoms with E-state index in [-0.39, 0.29) is 6.10 Å². The summed E-state index contributed by atoms with van der Waals surface area (Å²) in [6, 6.07) is 7.51. The molecule has 0 aromatic heterocycles. The zero-order valence-electron chi connectivity index (χ0n) is 10.1. The lowest BCUT2D eigenvalue weighted by Gasteiger charge is -2.16. The molecule has 16 heavy (non-hydrogen) atoms. The van der Waals surface area contributed by atoms with Crippen LogP contribution in [0.4, 0.5) is 0 Å². The van der Waals surface area contributed by atoms with E-state index in [1.165, 1.54) is 0 Å². The van der Waals surface area contributed by atoms with Crippen LogP contribution < -0.4 is 9.47 Å². The van der Waals surface area contributed by atoms with E-state index < -0.39 is 6.10 Å². The van der Waals surface area contributed by atoms with Gasteiger partial charge in [0, 0.05) is 0 Å². The maximum absolute atomic E-state index is 9.43. The molecule has 3 heteroatoms. The maximum Gasteiger partial charge on any atom is 0.161 e. The fraction of sp³-hybridized carbons (Fsp3) is 0.538. The summed E-state index contributed by atoms with van der Waals surface area (Å²) in [4.78, 5) is 0. The first-order chi connectivity index (χ1) is 7.63. The molecule has 1 atom stereocenters. The smallest absolute Gasteiger partial charge is 0.161 e. The molecule has 0 fully saturated rings. The highest BCUT2D eigenvalue weighted by Gasteiger charge is 2.08. The van der Waals surface area contributed by atoms with Crippen LogP contribution in [-0.4, -0.2) is 23.9 Å². The largest absolute Gasteiger partial charge is 0.487 e. The molecular formula is C13H20O3. The first-order valence-electron chi connectivity index (χ1n) is 5.70. The molecular weight excluding hydrogens is 204 g/mol. The lowest BCUT2D eigenvalue weighted by atomic mass is 10.3. The van der Waals surface area contributed by atoms with E-state index in [4.69, 9.17) is 9.47 Å². The van der Waals surface area contributed by atoms with Crippen LogP contribution in [0.1, 0.15) is 27.2 Å². The second kappa shape index (κ2) is 6.38. The Morgan fingerprint density at radius 1 is 1.19 bits per heavy atom. The summed E-state index contributed by atoms with van der Waals surface area (Å²) in [6.45, 7) is 6.16. The summed E-state index contributed by atoms with van der Waals surface area (Å²) < 4.78 is 11.1. The second-order valence-corrected chi connectivity index (χ2v) is 3.99. The number of hydrogen-bond donors (Lipinski definition) is 1. The van der Waals surface area contributed by atoms with Gasteiger partial charge in [0.1, 0.15) is 6.61 Å². The summed E-state index contributed by atoms with van der Waals surface area (Å²) in [5, 5.41) is 9.43. The van der Waals surface area contributed by atoms with Crippen LogP contribution in [0.25, 0.3) is 0 Å². The van der Waals surface area contributed by atoms with Crippen molar-refractivity contribution in [3.8, 4) is 11.5 Å². The Hall–Kier alpha value is -1.22. The van der Waals surface area contributed by atoms with Gasteiger partial charge < -0.3 is 14.6 Å². The molecule has 90 valence electrons. The van der Waals surface area contributed by atoms with Crippen molar-refractivity contribution in [2.24, 2.45) is 0 Å². The van der Waals surface area contributed by atoms with Gasteiger partial charge in [-0.05, 0) is 32.4 Å². The fourth-order valence-electron chi connectivity index (χ4n) is 1.22. The molecule has 0 aliphatic rings. The lowest BCUT2D eigenvalue weighted by molar-refractivity contribution is 0.101. The van der Waals surface area contributed by atoms with Crippen LogP contribution in [0.2, 0.25) is 0 Å². The van der Waals surface area contributed by atoms with Crippen LogP contribution >= 0.6 is 0 Å². The molecule has 1 aromatic rings. The minimum Gasteiger partial charge on any atom is -0.487 e. The lowest BCUT2D eigenvalue weighted by Crippen LogP contribution is -2.16. The van der Waals surface area contributed by atoms with E-state index in [0.29, 0.717) is 18.8 Å². The monoisotopic (exact) mass is 224 g/mol. The molecule has 0 saturated carbocycles. The molecule has 1 rings (SSSR count). The Bertz CT molecular complexity index is 310. The Morgan fingerprint density at radius 2 is 1.81 bits per heavy atom. The predicted molar refractivity (Wildman–Crippen MR) is 64.0 cm³/mol. The Kier molecular flexibility index (Phi) is 5.12. The molecule has 3 nitrogen and oxygen atoms in total. The summed E-state index contributed by atoms with van der Waals surface area (Å²) in [5.41, 5.74) is 0. The third kappa shape index (κ3) is 4.11. The number of benzene rings is 1. The van der Waals surface area contributed by atoms with E-state index in [1.807, 2.05) is 45.0 Å². The maximum atomic E-state index is 9.43. The predicted octanol–water partition coefficient (Wildman–Crippen LogP) is 2.62. The van der Waals surface area contributed by atoms with E-state index in [9.17, 15) is 5.11 Å². The second-order valence-electron chi connectivity index (χ2n) is 3.99. The zero-order valence-corrected chi connectivity index (χ0v) is 10.1. The number of ether oxygens (including phenoxy) is 2. The molecule has 0 bridgehead atoms. The first kappa shape index (κ1) is 12.8. The number of aliphatic hydroxyl groups is 1. The van der Waals surface area contributed by atoms with Gasteiger partial charge >= 0.3 is 0 Å². The van der Waals surface area contributed by atoms with Crippen molar-refractivity contribution < 1.29 is 14.6 Å². The molecule has 0 amide bonds. The highest BCUT2D eigenvalue weighted by atomic mass is 16.5. The van der Waals surface area contributed by atoms with E-state index >= 15 is 0 Å². The van der Waals surface area contributed by atoms with Crippen molar-refractivity contribution in [3.05, 3.63) is 24.3 Å². The van der Waals surface area contributed by atoms with E-state index in [0.717, 1.165) is 5.75 Å². The van der Waals surface area contributed by atoms with Gasteiger partial charge in [-0.3, -0.25) is 0 Å². The molecule has 1 unspecified atom stereocenters. The van der Waals surface area contributed by atoms with Gasteiger partial charge in [-0.25, -0.2) is 0 Å². The van der Waals surface area contributed by atoms with Crippen molar-refractivity contribution in [2.75, 3.05) is 6.61 Å². The quantitative estimate of drug-likeness (QED) is 0.807. The van der Waals surface area contributed by atoms with Crippen molar-refractivity contribution in [3.63, 3.8) is 0 Å². The first-order valence-corrected chi connectivity index (χ1v) is 5.70. The normalized spacial score (nSPS) is 12.6. The molecule has 0 aliphatic carbocycles. The zero-order chi connectivity index (χ0) is 12.0. The van der Waals surface area contributed by atoms with Gasteiger partial charge in [-0.15, -0.1) is 0 Å². The average Bonchev–Trinajstić information content (AvgIpc) is 2.26. The van der Waals surface area contributed by atoms with Crippen LogP contribution in [-0.2, 0) is 0 Å². The third-order valence-corrected chi connectivity index (χ3v) is 2.11. The molecule has 0 spiro atoms. The molecule has 0 aliphatic heterocycles. The molecule has 0 saturated heterocycles. The highest BCUT2D eigenvalue weighted by Crippen LogP contribution is 2.27. The minimum absolute atomic E-state index is 0.112. The standard InChI is InChI=1S/C13H20O3/c1-4-11(14)9-15-12-7-5-6-8-13(12)16-10(2)3/h5-8,10-11,14H,4,9H2,1-3H3. The van der Waals surface area contributed by atoms with Crippen LogP contribution in [0.5, 0.6) is 11.5 Å². The number of rotatable bonds is 6. The summed E-state index contributed by atoms with van der Waals surface area (Å²) in [5.74, 6) is 1.41. The van der Waals surface area contributed by atoms with E-state index in [2.05, 4.69) is 0 Å². The third-order valence-electron chi connectivity index (χ3n) is 2.11. The van der Waals surface area contributed by atoms with Crippen molar-refractivity contribution >= 4 is 0 Å². The summed E-state index contributed by atoms with van der Waals surface area (Å²) >= 11 is 0. The number of para-hydroxylation sites is 2. The SMILES string of the molecule is CCC(O)COc1ccccc1OC(C)C. The topological polar surface area (TPSA) is 38.7 Å². The molecule has 1 aromatic carbocycles. The van der Waals surface area contributed by atoms with Crippen molar-refractivity contribution in [1.29, 1.82) is 0 Å². The van der Waals surface area contributed by atoms with Gasteiger partial charge in [0.05, 0.1) is 12.2 Å². The van der Waals surface area contributed by atoms with Gasteiger partial charge in [-0.2, -0.15) is 0 Å². The summed E-state index contributed by atoms with van der Waals surface area (Å²) in [7, 11) is 0. The average molecular weight is 224 g/mol. The van der Waals surface area contributed by atoms with Crippen molar-refractivity contribution in [2.45, 2.75) is 39.4 Å². The highest BCUT2D eigenvalue weighted by molar-refractivity contribution is 5.39. The van der Waals surface area contributed by atoms with Crippen LogP contribution in [0.15, 0.2) is 24.3 Å². The van der Waals surface area contributed by atoms with E-state index in [1.54, 1.807) is 0 Å². The number of hydrogen-bond acceptors (Lipinski definition) is 3. The van der Waals surface area contributed by atoms with Gasteiger partial charge in [0.2, 0.25) is 0 Å². The van der Waals surface area contributed by atoms with Gasteiger partial charge in [0.15, 0.2) is 11.5 Å². The Labute approximate surface area is 97.0 Å².